The third kappa shape index (κ3) is 4.52. The fourth-order valence-corrected chi connectivity index (χ4v) is 1.55. The maximum absolute atomic E-state index is 10.2. The van der Waals surface area contributed by atoms with E-state index in [-0.39, 0.29) is 0 Å². The molecule has 0 N–H and O–H groups in total. The molecule has 0 aliphatic carbocycles. The molecule has 124 valence electrons. The lowest BCUT2D eigenvalue weighted by atomic mass is 10.3. The Hall–Kier alpha value is -3.96. The zero-order valence-corrected chi connectivity index (χ0v) is 11.7. The quantitative estimate of drug-likeness (QED) is 0.604. The predicted molar refractivity (Wildman–Crippen MR) is 79.5 cm³/mol. The Morgan fingerprint density at radius 1 is 0.458 bits per heavy atom. The van der Waals surface area contributed by atoms with E-state index < -0.39 is 42.4 Å². The summed E-state index contributed by atoms with van der Waals surface area (Å²) in [6.07, 6.45) is 0. The summed E-state index contributed by atoms with van der Waals surface area (Å²) in [7, 11) is 0. The zero-order valence-electron chi connectivity index (χ0n) is 11.7. The minimum Gasteiger partial charge on any atom is -0.258 e. The number of benzene rings is 2. The van der Waals surface area contributed by atoms with Crippen molar-refractivity contribution in [2.75, 3.05) is 0 Å². The summed E-state index contributed by atoms with van der Waals surface area (Å²) >= 11 is 0. The highest BCUT2D eigenvalue weighted by molar-refractivity contribution is 5.52. The van der Waals surface area contributed by atoms with E-state index in [1.807, 2.05) is 0 Å². The topological polar surface area (TPSA) is 173 Å². The molecule has 0 saturated heterocycles. The standard InChI is InChI=1S/2C6H4N2O4/c2*9-7(10)5-3-1-2-4-6(5)8(11)12/h2*1-4H. The van der Waals surface area contributed by atoms with E-state index in [0.29, 0.717) is 0 Å². The van der Waals surface area contributed by atoms with E-state index in [4.69, 9.17) is 0 Å². The Morgan fingerprint density at radius 3 is 0.750 bits per heavy atom. The Kier molecular flexibility index (Phi) is 5.94. The van der Waals surface area contributed by atoms with Gasteiger partial charge in [0, 0.05) is 24.3 Å². The first-order valence-electron chi connectivity index (χ1n) is 6.01. The Balaban J connectivity index is 0.000000240. The molecule has 0 heterocycles. The van der Waals surface area contributed by atoms with Crippen molar-refractivity contribution in [3.8, 4) is 0 Å². The fraction of sp³-hybridized carbons (Fsp3) is 0. The molecule has 0 fully saturated rings. The second-order valence-electron chi connectivity index (χ2n) is 4.01. The lowest BCUT2D eigenvalue weighted by Crippen LogP contribution is -1.95. The monoisotopic (exact) mass is 336 g/mol. The molecule has 0 saturated carbocycles. The minimum absolute atomic E-state index is 0.484. The van der Waals surface area contributed by atoms with Crippen LogP contribution in [-0.2, 0) is 0 Å². The van der Waals surface area contributed by atoms with Crippen LogP contribution in [0.5, 0.6) is 0 Å². The second-order valence-corrected chi connectivity index (χ2v) is 4.01. The zero-order chi connectivity index (χ0) is 18.3. The Labute approximate surface area is 132 Å². The Bertz CT molecular complexity index is 674. The molecule has 0 atom stereocenters. The van der Waals surface area contributed by atoms with Crippen molar-refractivity contribution in [3.05, 3.63) is 89.0 Å². The summed E-state index contributed by atoms with van der Waals surface area (Å²) in [6.45, 7) is 0. The van der Waals surface area contributed by atoms with Gasteiger partial charge in [0.2, 0.25) is 0 Å². The van der Waals surface area contributed by atoms with E-state index in [2.05, 4.69) is 0 Å². The SMILES string of the molecule is O=[N+]([O-])c1ccccc1[N+](=O)[O-].O=[N+]([O-])c1ccccc1[N+](=O)[O-]. The average Bonchev–Trinajstić information content (AvgIpc) is 2.55. The second kappa shape index (κ2) is 7.88. The maximum atomic E-state index is 10.2. The summed E-state index contributed by atoms with van der Waals surface area (Å²) in [6, 6.07) is 9.90. The van der Waals surface area contributed by atoms with Gasteiger partial charge in [0.05, 0.1) is 19.7 Å². The molecular formula is C12H8N4O8. The summed E-state index contributed by atoms with van der Waals surface area (Å²) in [4.78, 5) is 37.8. The van der Waals surface area contributed by atoms with Gasteiger partial charge in [-0.3, -0.25) is 40.5 Å². The summed E-state index contributed by atoms with van der Waals surface area (Å²) in [5.41, 5.74) is -1.94. The third-order valence-electron chi connectivity index (χ3n) is 2.55. The first kappa shape index (κ1) is 18.1. The van der Waals surface area contributed by atoms with Gasteiger partial charge in [0.15, 0.2) is 0 Å². The molecule has 0 unspecified atom stereocenters. The molecule has 2 rings (SSSR count). The number of rotatable bonds is 4. The molecule has 12 nitrogen and oxygen atoms in total. The van der Waals surface area contributed by atoms with Crippen molar-refractivity contribution in [2.45, 2.75) is 0 Å². The highest BCUT2D eigenvalue weighted by Crippen LogP contribution is 2.25. The molecule has 0 aromatic heterocycles. The lowest BCUT2D eigenvalue weighted by Gasteiger charge is -1.91. The van der Waals surface area contributed by atoms with Gasteiger partial charge in [-0.25, -0.2) is 0 Å². The summed E-state index contributed by atoms with van der Waals surface area (Å²) in [5.74, 6) is 0. The number of nitrogens with zero attached hydrogens (tertiary/aromatic N) is 4. The van der Waals surface area contributed by atoms with E-state index >= 15 is 0 Å². The Morgan fingerprint density at radius 2 is 0.625 bits per heavy atom. The molecule has 24 heavy (non-hydrogen) atoms. The van der Waals surface area contributed by atoms with E-state index in [0.717, 1.165) is 24.3 Å². The van der Waals surface area contributed by atoms with Gasteiger partial charge in [0.25, 0.3) is 0 Å². The molecule has 0 spiro atoms. The third-order valence-corrected chi connectivity index (χ3v) is 2.55. The normalized spacial score (nSPS) is 9.33. The molecule has 0 aliphatic heterocycles. The van der Waals surface area contributed by atoms with Gasteiger partial charge in [-0.1, -0.05) is 24.3 Å². The van der Waals surface area contributed by atoms with Gasteiger partial charge in [-0.2, -0.15) is 0 Å². The van der Waals surface area contributed by atoms with Crippen LogP contribution in [0, 0.1) is 40.5 Å². The summed E-state index contributed by atoms with van der Waals surface area (Å²) in [5, 5.41) is 40.9. The predicted octanol–water partition coefficient (Wildman–Crippen LogP) is 3.01. The van der Waals surface area contributed by atoms with Crippen LogP contribution in [-0.4, -0.2) is 19.7 Å². The smallest absolute Gasteiger partial charge is 0.258 e. The number of para-hydroxylation sites is 4. The molecule has 2 aromatic carbocycles. The van der Waals surface area contributed by atoms with Crippen LogP contribution >= 0.6 is 0 Å². The number of hydrogen-bond acceptors (Lipinski definition) is 8. The maximum Gasteiger partial charge on any atom is 0.346 e. The highest BCUT2D eigenvalue weighted by Gasteiger charge is 2.22. The molecule has 0 amide bonds. The van der Waals surface area contributed by atoms with E-state index in [1.54, 1.807) is 0 Å². The molecule has 0 bridgehead atoms. The van der Waals surface area contributed by atoms with Crippen LogP contribution in [0.4, 0.5) is 22.7 Å². The van der Waals surface area contributed by atoms with Crippen LogP contribution in [0.1, 0.15) is 0 Å². The van der Waals surface area contributed by atoms with E-state index in [1.165, 1.54) is 24.3 Å². The molecule has 2 aromatic rings. The van der Waals surface area contributed by atoms with Crippen LogP contribution in [0.2, 0.25) is 0 Å². The molecular weight excluding hydrogens is 328 g/mol. The molecule has 0 radical (unpaired) electrons. The van der Waals surface area contributed by atoms with Gasteiger partial charge < -0.3 is 0 Å². The first-order valence-corrected chi connectivity index (χ1v) is 6.01. The average molecular weight is 336 g/mol. The number of hydrogen-bond donors (Lipinski definition) is 0. The van der Waals surface area contributed by atoms with Crippen molar-refractivity contribution >= 4 is 22.7 Å². The molecule has 12 heteroatoms. The fourth-order valence-electron chi connectivity index (χ4n) is 1.55. The van der Waals surface area contributed by atoms with Crippen LogP contribution in [0.15, 0.2) is 48.5 Å². The highest BCUT2D eigenvalue weighted by atomic mass is 16.6. The van der Waals surface area contributed by atoms with Crippen LogP contribution < -0.4 is 0 Å². The van der Waals surface area contributed by atoms with Crippen molar-refractivity contribution < 1.29 is 19.7 Å². The summed E-state index contributed by atoms with van der Waals surface area (Å²) < 4.78 is 0. The lowest BCUT2D eigenvalue weighted by molar-refractivity contribution is -0.422. The van der Waals surface area contributed by atoms with Crippen molar-refractivity contribution in [1.82, 2.24) is 0 Å². The van der Waals surface area contributed by atoms with E-state index in [9.17, 15) is 40.5 Å². The van der Waals surface area contributed by atoms with Crippen LogP contribution in [0.25, 0.3) is 0 Å². The first-order chi connectivity index (χ1) is 11.3. The van der Waals surface area contributed by atoms with Gasteiger partial charge in [-0.15, -0.1) is 0 Å². The van der Waals surface area contributed by atoms with Gasteiger partial charge in [-0.05, 0) is 0 Å². The molecule has 0 aliphatic rings. The largest absolute Gasteiger partial charge is 0.346 e. The number of nitro benzene ring substituents is 4. The minimum atomic E-state index is -0.780. The number of nitro groups is 4. The van der Waals surface area contributed by atoms with Gasteiger partial charge in [0.1, 0.15) is 0 Å². The van der Waals surface area contributed by atoms with Gasteiger partial charge >= 0.3 is 22.7 Å². The van der Waals surface area contributed by atoms with Crippen molar-refractivity contribution in [3.63, 3.8) is 0 Å². The van der Waals surface area contributed by atoms with Crippen molar-refractivity contribution in [2.24, 2.45) is 0 Å². The van der Waals surface area contributed by atoms with Crippen LogP contribution in [0.3, 0.4) is 0 Å². The van der Waals surface area contributed by atoms with Crippen molar-refractivity contribution in [1.29, 1.82) is 0 Å².